The zero-order chi connectivity index (χ0) is 12.0. The molecule has 0 saturated carbocycles. The third-order valence-corrected chi connectivity index (χ3v) is 5.04. The Morgan fingerprint density at radius 2 is 2.06 bits per heavy atom. The van der Waals surface area contributed by atoms with Crippen LogP contribution in [-0.2, 0) is 6.42 Å². The molecule has 1 aromatic heterocycles. The van der Waals surface area contributed by atoms with E-state index in [0.717, 1.165) is 21.5 Å². The quantitative estimate of drug-likeness (QED) is 0.575. The molecule has 4 heteroatoms. The summed E-state index contributed by atoms with van der Waals surface area (Å²) in [5, 5.41) is 0.567. The topological polar surface area (TPSA) is 25.8 Å². The average Bonchev–Trinajstić information content (AvgIpc) is 2.27. The van der Waals surface area contributed by atoms with Crippen LogP contribution in [0.25, 0.3) is 0 Å². The van der Waals surface area contributed by atoms with E-state index in [2.05, 4.69) is 56.8 Å². The van der Waals surface area contributed by atoms with Crippen LogP contribution in [0.4, 0.5) is 0 Å². The Morgan fingerprint density at radius 1 is 1.29 bits per heavy atom. The minimum atomic E-state index is 0.319. The highest BCUT2D eigenvalue weighted by Gasteiger charge is 2.29. The lowest BCUT2D eigenvalue weighted by atomic mass is 9.77. The molecule has 1 aromatic carbocycles. The summed E-state index contributed by atoms with van der Waals surface area (Å²) in [7, 11) is 0. The van der Waals surface area contributed by atoms with E-state index in [4.69, 9.17) is 11.6 Å². The molecule has 1 aliphatic carbocycles. The molecule has 0 N–H and O–H groups in total. The lowest BCUT2D eigenvalue weighted by Crippen LogP contribution is -2.21. The highest BCUT2D eigenvalue weighted by molar-refractivity contribution is 14.1. The normalized spacial score (nSPS) is 17.5. The van der Waals surface area contributed by atoms with E-state index >= 15 is 0 Å². The molecule has 2 aromatic rings. The van der Waals surface area contributed by atoms with Crippen LogP contribution >= 0.6 is 34.2 Å². The summed E-state index contributed by atoms with van der Waals surface area (Å²) < 4.78 is 0.945. The van der Waals surface area contributed by atoms with Crippen molar-refractivity contribution < 1.29 is 0 Å². The van der Waals surface area contributed by atoms with Crippen LogP contribution in [0.2, 0.25) is 5.15 Å². The van der Waals surface area contributed by atoms with Gasteiger partial charge in [0.25, 0.3) is 0 Å². The molecule has 1 unspecified atom stereocenters. The first kappa shape index (κ1) is 11.4. The number of halogens is 2. The van der Waals surface area contributed by atoms with E-state index in [-0.39, 0.29) is 0 Å². The molecule has 0 bridgehead atoms. The third kappa shape index (κ3) is 1.85. The fourth-order valence-electron chi connectivity index (χ4n) is 2.19. The van der Waals surface area contributed by atoms with Gasteiger partial charge in [-0.15, -0.1) is 0 Å². The van der Waals surface area contributed by atoms with Gasteiger partial charge in [-0.2, -0.15) is 0 Å². The van der Waals surface area contributed by atoms with Gasteiger partial charge in [-0.25, -0.2) is 9.97 Å². The molecule has 1 heterocycles. The monoisotopic (exact) mass is 356 g/mol. The Morgan fingerprint density at radius 3 is 2.76 bits per heavy atom. The van der Waals surface area contributed by atoms with Crippen LogP contribution in [0.3, 0.4) is 0 Å². The van der Waals surface area contributed by atoms with Gasteiger partial charge >= 0.3 is 0 Å². The Hall–Kier alpha value is -0.680. The maximum atomic E-state index is 6.11. The number of benzene rings is 1. The van der Waals surface area contributed by atoms with Gasteiger partial charge in [0.1, 0.15) is 11.0 Å². The summed E-state index contributed by atoms with van der Waals surface area (Å²) in [6, 6.07) is 8.44. The Balaban J connectivity index is 2.03. The minimum Gasteiger partial charge on any atom is -0.236 e. The van der Waals surface area contributed by atoms with E-state index in [1.165, 1.54) is 11.1 Å². The molecule has 0 fully saturated rings. The van der Waals surface area contributed by atoms with Gasteiger partial charge in [0.15, 0.2) is 0 Å². The van der Waals surface area contributed by atoms with Crippen LogP contribution in [-0.4, -0.2) is 9.97 Å². The summed E-state index contributed by atoms with van der Waals surface area (Å²) in [5.41, 5.74) is 3.70. The molecule has 0 amide bonds. The van der Waals surface area contributed by atoms with Crippen molar-refractivity contribution in [2.45, 2.75) is 19.3 Å². The molecule has 1 atom stereocenters. The van der Waals surface area contributed by atoms with Gasteiger partial charge < -0.3 is 0 Å². The van der Waals surface area contributed by atoms with E-state index in [9.17, 15) is 0 Å². The lowest BCUT2D eigenvalue weighted by Gasteiger charge is -2.29. The van der Waals surface area contributed by atoms with Crippen molar-refractivity contribution in [3.05, 3.63) is 55.6 Å². The Labute approximate surface area is 119 Å². The second-order valence-electron chi connectivity index (χ2n) is 4.23. The van der Waals surface area contributed by atoms with Crippen molar-refractivity contribution in [3.8, 4) is 0 Å². The highest BCUT2D eigenvalue weighted by Crippen LogP contribution is 2.39. The summed E-state index contributed by atoms with van der Waals surface area (Å²) in [5.74, 6) is 1.17. The van der Waals surface area contributed by atoms with Crippen molar-refractivity contribution in [3.63, 3.8) is 0 Å². The number of nitrogens with zero attached hydrogens (tertiary/aromatic N) is 2. The lowest BCUT2D eigenvalue weighted by molar-refractivity contribution is 0.655. The van der Waals surface area contributed by atoms with E-state index in [0.29, 0.717) is 11.1 Å². The zero-order valence-corrected chi connectivity index (χ0v) is 12.2. The van der Waals surface area contributed by atoms with Crippen molar-refractivity contribution >= 4 is 34.2 Å². The molecule has 0 radical (unpaired) electrons. The van der Waals surface area contributed by atoms with E-state index in [1.54, 1.807) is 0 Å². The molecule has 0 saturated heterocycles. The number of rotatable bonds is 1. The second-order valence-corrected chi connectivity index (χ2v) is 5.66. The molecular weight excluding hydrogens is 347 g/mol. The molecule has 86 valence electrons. The largest absolute Gasteiger partial charge is 0.236 e. The molecule has 1 aliphatic rings. The molecule has 0 aliphatic heterocycles. The first-order valence-electron chi connectivity index (χ1n) is 5.44. The van der Waals surface area contributed by atoms with Crippen LogP contribution in [0.1, 0.15) is 28.6 Å². The molecule has 2 nitrogen and oxygen atoms in total. The average molecular weight is 357 g/mol. The highest BCUT2D eigenvalue weighted by atomic mass is 127. The fourth-order valence-corrected chi connectivity index (χ4v) is 2.65. The van der Waals surface area contributed by atoms with Gasteiger partial charge in [0, 0.05) is 5.92 Å². The van der Waals surface area contributed by atoms with Gasteiger partial charge in [0.2, 0.25) is 0 Å². The fraction of sp³-hybridized carbons (Fsp3) is 0.231. The number of hydrogen-bond donors (Lipinski definition) is 0. The molecule has 3 rings (SSSR count). The number of aryl methyl sites for hydroxylation is 1. The predicted octanol–water partition coefficient (Wildman–Crippen LogP) is 3.73. The maximum Gasteiger partial charge on any atom is 0.146 e. The summed E-state index contributed by atoms with van der Waals surface area (Å²) in [6.45, 7) is 1.98. The molecule has 17 heavy (non-hydrogen) atoms. The standard InChI is InChI=1S/C13H10ClIN2/c1-7-11(15)12(14)17-13(16-7)10-6-8-4-2-3-5-9(8)10/h2-5,10H,6H2,1H3. The predicted molar refractivity (Wildman–Crippen MR) is 76.5 cm³/mol. The van der Waals surface area contributed by atoms with Gasteiger partial charge in [-0.05, 0) is 47.1 Å². The first-order valence-corrected chi connectivity index (χ1v) is 6.90. The first-order chi connectivity index (χ1) is 8.16. The van der Waals surface area contributed by atoms with E-state index < -0.39 is 0 Å². The smallest absolute Gasteiger partial charge is 0.146 e. The molecular formula is C13H10ClIN2. The van der Waals surface area contributed by atoms with Crippen LogP contribution in [0, 0.1) is 10.5 Å². The third-order valence-electron chi connectivity index (χ3n) is 3.16. The zero-order valence-electron chi connectivity index (χ0n) is 9.24. The van der Waals surface area contributed by atoms with Crippen molar-refractivity contribution in [2.75, 3.05) is 0 Å². The Kier molecular flexibility index (Phi) is 2.83. The van der Waals surface area contributed by atoms with Crippen LogP contribution in [0.5, 0.6) is 0 Å². The van der Waals surface area contributed by atoms with Gasteiger partial charge in [-0.3, -0.25) is 0 Å². The number of hydrogen-bond acceptors (Lipinski definition) is 2. The Bertz CT molecular complexity index is 575. The number of aromatic nitrogens is 2. The van der Waals surface area contributed by atoms with E-state index in [1.807, 2.05) is 6.92 Å². The van der Waals surface area contributed by atoms with Crippen molar-refractivity contribution in [2.24, 2.45) is 0 Å². The van der Waals surface area contributed by atoms with Crippen LogP contribution in [0.15, 0.2) is 24.3 Å². The maximum absolute atomic E-state index is 6.11. The summed E-state index contributed by atoms with van der Waals surface area (Å²) in [4.78, 5) is 8.95. The summed E-state index contributed by atoms with van der Waals surface area (Å²) >= 11 is 8.29. The van der Waals surface area contributed by atoms with Crippen molar-refractivity contribution in [1.29, 1.82) is 0 Å². The van der Waals surface area contributed by atoms with Crippen LogP contribution < -0.4 is 0 Å². The minimum absolute atomic E-state index is 0.319. The van der Waals surface area contributed by atoms with Gasteiger partial charge in [0.05, 0.1) is 9.26 Å². The van der Waals surface area contributed by atoms with Gasteiger partial charge in [-0.1, -0.05) is 35.9 Å². The number of fused-ring (bicyclic) bond motifs is 1. The van der Waals surface area contributed by atoms with Crippen molar-refractivity contribution in [1.82, 2.24) is 9.97 Å². The second kappa shape index (κ2) is 4.21. The molecule has 0 spiro atoms. The summed E-state index contributed by atoms with van der Waals surface area (Å²) in [6.07, 6.45) is 1.02. The SMILES string of the molecule is Cc1nc(C2Cc3ccccc32)nc(Cl)c1I.